The first-order valence-corrected chi connectivity index (χ1v) is 9.07. The van der Waals surface area contributed by atoms with Crippen LogP contribution >= 0.6 is 0 Å². The molecule has 8 nitrogen and oxygen atoms in total. The number of H-pyrrole nitrogens is 1. The maximum Gasteiger partial charge on any atom is 0.279 e. The van der Waals surface area contributed by atoms with Crippen molar-refractivity contribution in [1.29, 1.82) is 0 Å². The Kier molecular flexibility index (Phi) is 4.03. The highest BCUT2D eigenvalue weighted by molar-refractivity contribution is 7.92. The van der Waals surface area contributed by atoms with Gasteiger partial charge in [-0.3, -0.25) is 9.82 Å². The highest BCUT2D eigenvalue weighted by atomic mass is 32.2. The van der Waals surface area contributed by atoms with Crippen LogP contribution in [-0.2, 0) is 26.5 Å². The summed E-state index contributed by atoms with van der Waals surface area (Å²) in [6.45, 7) is -0.472. The second-order valence-electron chi connectivity index (χ2n) is 4.28. The van der Waals surface area contributed by atoms with Crippen LogP contribution in [0.2, 0.25) is 0 Å². The summed E-state index contributed by atoms with van der Waals surface area (Å²) in [5.41, 5.74) is 0.330. The number of rotatable bonds is 5. The topological polar surface area (TPSA) is 129 Å². The molecule has 21 heavy (non-hydrogen) atoms. The van der Waals surface area contributed by atoms with Crippen LogP contribution < -0.4 is 4.72 Å². The SMILES string of the molecule is CS(=O)(=O)c1ccc(NS(=O)(=O)c2[nH]ncc2CO)cc1. The first kappa shape index (κ1) is 15.5. The van der Waals surface area contributed by atoms with Gasteiger partial charge < -0.3 is 5.11 Å². The molecule has 0 spiro atoms. The molecular weight excluding hydrogens is 318 g/mol. The summed E-state index contributed by atoms with van der Waals surface area (Å²) in [4.78, 5) is 0.0861. The Morgan fingerprint density at radius 3 is 2.33 bits per heavy atom. The number of aliphatic hydroxyl groups is 1. The molecule has 0 fully saturated rings. The molecule has 2 aromatic rings. The Morgan fingerprint density at radius 1 is 1.19 bits per heavy atom. The number of sulfonamides is 1. The number of anilines is 1. The van der Waals surface area contributed by atoms with E-state index in [2.05, 4.69) is 14.9 Å². The van der Waals surface area contributed by atoms with E-state index in [9.17, 15) is 16.8 Å². The zero-order chi connectivity index (χ0) is 15.7. The summed E-state index contributed by atoms with van der Waals surface area (Å²) >= 11 is 0. The van der Waals surface area contributed by atoms with E-state index in [1.807, 2.05) is 0 Å². The maximum absolute atomic E-state index is 12.1. The van der Waals surface area contributed by atoms with Gasteiger partial charge in [-0.05, 0) is 24.3 Å². The number of aromatic nitrogens is 2. The summed E-state index contributed by atoms with van der Waals surface area (Å²) in [5.74, 6) is 0. The minimum Gasteiger partial charge on any atom is -0.392 e. The fraction of sp³-hybridized carbons (Fsp3) is 0.182. The molecule has 0 aliphatic heterocycles. The highest BCUT2D eigenvalue weighted by Gasteiger charge is 2.20. The molecule has 3 N–H and O–H groups in total. The van der Waals surface area contributed by atoms with Gasteiger partial charge >= 0.3 is 0 Å². The molecular formula is C11H13N3O5S2. The lowest BCUT2D eigenvalue weighted by Crippen LogP contribution is -2.15. The van der Waals surface area contributed by atoms with Crippen LogP contribution in [0.1, 0.15) is 5.56 Å². The van der Waals surface area contributed by atoms with Gasteiger partial charge in [0, 0.05) is 17.5 Å². The number of aromatic amines is 1. The molecule has 0 aliphatic carbocycles. The first-order valence-electron chi connectivity index (χ1n) is 5.70. The second kappa shape index (κ2) is 5.47. The van der Waals surface area contributed by atoms with Crippen molar-refractivity contribution in [2.45, 2.75) is 16.5 Å². The minimum atomic E-state index is -3.94. The summed E-state index contributed by atoms with van der Waals surface area (Å²) in [5, 5.41) is 14.7. The quantitative estimate of drug-likeness (QED) is 0.713. The van der Waals surface area contributed by atoms with Gasteiger partial charge in [0.15, 0.2) is 14.9 Å². The number of hydrogen-bond acceptors (Lipinski definition) is 6. The monoisotopic (exact) mass is 331 g/mol. The standard InChI is InChI=1S/C11H13N3O5S2/c1-20(16,17)10-4-2-9(3-5-10)14-21(18,19)11-8(7-15)6-12-13-11/h2-6,14-15H,7H2,1H3,(H,12,13). The van der Waals surface area contributed by atoms with E-state index < -0.39 is 26.5 Å². The van der Waals surface area contributed by atoms with E-state index in [1.54, 1.807) is 0 Å². The molecule has 2 rings (SSSR count). The molecule has 0 saturated heterocycles. The Hall–Kier alpha value is -1.91. The van der Waals surface area contributed by atoms with Crippen molar-refractivity contribution in [3.05, 3.63) is 36.0 Å². The molecule has 0 unspecified atom stereocenters. The van der Waals surface area contributed by atoms with Crippen molar-refractivity contribution in [2.24, 2.45) is 0 Å². The lowest BCUT2D eigenvalue weighted by molar-refractivity contribution is 0.278. The summed E-state index contributed by atoms with van der Waals surface area (Å²) in [7, 11) is -7.28. The minimum absolute atomic E-state index is 0.0861. The average Bonchev–Trinajstić information content (AvgIpc) is 2.87. The van der Waals surface area contributed by atoms with Gasteiger partial charge in [-0.1, -0.05) is 0 Å². The Bertz CT molecular complexity index is 838. The highest BCUT2D eigenvalue weighted by Crippen LogP contribution is 2.19. The fourth-order valence-corrected chi connectivity index (χ4v) is 3.44. The number of nitrogens with zero attached hydrogens (tertiary/aromatic N) is 1. The molecule has 0 radical (unpaired) electrons. The van der Waals surface area contributed by atoms with Gasteiger partial charge in [0.1, 0.15) is 0 Å². The van der Waals surface area contributed by atoms with E-state index in [0.29, 0.717) is 0 Å². The van der Waals surface area contributed by atoms with Crippen molar-refractivity contribution in [2.75, 3.05) is 11.0 Å². The van der Waals surface area contributed by atoms with Crippen LogP contribution in [0.5, 0.6) is 0 Å². The number of aliphatic hydroxyl groups excluding tert-OH is 1. The van der Waals surface area contributed by atoms with Gasteiger partial charge in [0.2, 0.25) is 0 Å². The number of hydrogen-bond donors (Lipinski definition) is 3. The molecule has 1 heterocycles. The van der Waals surface area contributed by atoms with Gasteiger partial charge in [-0.25, -0.2) is 8.42 Å². The molecule has 1 aromatic carbocycles. The molecule has 0 amide bonds. The molecule has 0 atom stereocenters. The van der Waals surface area contributed by atoms with Crippen LogP contribution in [-0.4, -0.2) is 38.4 Å². The average molecular weight is 331 g/mol. The van der Waals surface area contributed by atoms with Gasteiger partial charge in [0.05, 0.1) is 17.7 Å². The molecule has 0 bridgehead atoms. The normalized spacial score (nSPS) is 12.3. The largest absolute Gasteiger partial charge is 0.392 e. The third-order valence-electron chi connectivity index (χ3n) is 2.65. The van der Waals surface area contributed by atoms with E-state index in [1.165, 1.54) is 30.5 Å². The van der Waals surface area contributed by atoms with Crippen LogP contribution in [0.15, 0.2) is 40.4 Å². The summed E-state index contributed by atoms with van der Waals surface area (Å²) in [6, 6.07) is 5.27. The lowest BCUT2D eigenvalue weighted by Gasteiger charge is -2.08. The number of nitrogens with one attached hydrogen (secondary N) is 2. The Morgan fingerprint density at radius 2 is 1.81 bits per heavy atom. The van der Waals surface area contributed by atoms with Crippen molar-refractivity contribution < 1.29 is 21.9 Å². The first-order chi connectivity index (χ1) is 9.74. The summed E-state index contributed by atoms with van der Waals surface area (Å²) < 4.78 is 49.1. The van der Waals surface area contributed by atoms with Crippen LogP contribution in [0, 0.1) is 0 Å². The van der Waals surface area contributed by atoms with Crippen LogP contribution in [0.4, 0.5) is 5.69 Å². The van der Waals surface area contributed by atoms with Crippen molar-refractivity contribution in [3.63, 3.8) is 0 Å². The number of sulfone groups is 1. The van der Waals surface area contributed by atoms with Gasteiger partial charge in [-0.2, -0.15) is 13.5 Å². The Balaban J connectivity index is 2.29. The molecule has 1 aromatic heterocycles. The smallest absolute Gasteiger partial charge is 0.279 e. The maximum atomic E-state index is 12.1. The third kappa shape index (κ3) is 3.40. The molecule has 0 saturated carbocycles. The molecule has 114 valence electrons. The Labute approximate surface area is 121 Å². The zero-order valence-electron chi connectivity index (χ0n) is 10.9. The zero-order valence-corrected chi connectivity index (χ0v) is 12.6. The van der Waals surface area contributed by atoms with Gasteiger partial charge in [-0.15, -0.1) is 0 Å². The van der Waals surface area contributed by atoms with E-state index >= 15 is 0 Å². The molecule has 10 heteroatoms. The number of benzene rings is 1. The lowest BCUT2D eigenvalue weighted by atomic mass is 10.3. The molecule has 0 aliphatic rings. The van der Waals surface area contributed by atoms with E-state index in [4.69, 9.17) is 5.11 Å². The predicted molar refractivity (Wildman–Crippen MR) is 74.9 cm³/mol. The van der Waals surface area contributed by atoms with Gasteiger partial charge in [0.25, 0.3) is 10.0 Å². The van der Waals surface area contributed by atoms with Crippen molar-refractivity contribution >= 4 is 25.5 Å². The predicted octanol–water partition coefficient (Wildman–Crippen LogP) is 0.106. The van der Waals surface area contributed by atoms with E-state index in [0.717, 1.165) is 6.26 Å². The van der Waals surface area contributed by atoms with Crippen LogP contribution in [0.3, 0.4) is 0 Å². The van der Waals surface area contributed by atoms with Crippen molar-refractivity contribution in [1.82, 2.24) is 10.2 Å². The summed E-state index contributed by atoms with van der Waals surface area (Å²) in [6.07, 6.45) is 2.27. The second-order valence-corrected chi connectivity index (χ2v) is 7.92. The van der Waals surface area contributed by atoms with E-state index in [-0.39, 0.29) is 21.2 Å². The third-order valence-corrected chi connectivity index (χ3v) is 5.18. The van der Waals surface area contributed by atoms with Crippen molar-refractivity contribution in [3.8, 4) is 0 Å². The fourth-order valence-electron chi connectivity index (χ4n) is 1.62. The van der Waals surface area contributed by atoms with Crippen LogP contribution in [0.25, 0.3) is 0 Å².